The van der Waals surface area contributed by atoms with Gasteiger partial charge in [0.15, 0.2) is 0 Å². The second-order valence-electron chi connectivity index (χ2n) is 3.47. The first-order chi connectivity index (χ1) is 5.25. The molecule has 0 aromatic rings. The van der Waals surface area contributed by atoms with Crippen molar-refractivity contribution in [1.29, 1.82) is 0 Å². The molecule has 0 nitrogen and oxygen atoms in total. The van der Waals surface area contributed by atoms with Crippen LogP contribution >= 0.6 is 0 Å². The number of hydrogen-bond donors (Lipinski definition) is 0. The molecule has 0 heteroatoms. The molecule has 2 fully saturated rings. The van der Waals surface area contributed by atoms with E-state index < -0.39 is 0 Å². The van der Waals surface area contributed by atoms with Crippen molar-refractivity contribution in [2.75, 3.05) is 0 Å². The summed E-state index contributed by atoms with van der Waals surface area (Å²) in [6.45, 7) is 0.113. The predicted octanol–water partition coefficient (Wildman–Crippen LogP) is 2.90. The van der Waals surface area contributed by atoms with Crippen molar-refractivity contribution < 1.29 is 2.74 Å². The Balaban J connectivity index is 2.27. The van der Waals surface area contributed by atoms with Crippen LogP contribution in [0, 0.1) is 5.41 Å². The second kappa shape index (κ2) is 1.62. The molecule has 0 aromatic carbocycles. The van der Waals surface area contributed by atoms with Crippen LogP contribution in [-0.2, 0) is 0 Å². The topological polar surface area (TPSA) is 0 Å². The van der Waals surface area contributed by atoms with Gasteiger partial charge in [0.25, 0.3) is 0 Å². The summed E-state index contributed by atoms with van der Waals surface area (Å²) >= 11 is 0. The zero-order valence-corrected chi connectivity index (χ0v) is 5.74. The van der Waals surface area contributed by atoms with Crippen molar-refractivity contribution in [2.24, 2.45) is 5.41 Å². The van der Waals surface area contributed by atoms with Crippen LogP contribution in [0.1, 0.15) is 41.3 Å². The first-order valence-corrected chi connectivity index (χ1v) is 3.91. The molecule has 0 saturated heterocycles. The highest BCUT2D eigenvalue weighted by molar-refractivity contribution is 5.18. The van der Waals surface area contributed by atoms with Gasteiger partial charge in [-0.15, -0.1) is 0 Å². The van der Waals surface area contributed by atoms with E-state index in [9.17, 15) is 0 Å². The Bertz CT molecular complexity index is 198. The highest BCUT2D eigenvalue weighted by atomic mass is 14.5. The van der Waals surface area contributed by atoms with Crippen LogP contribution in [0.3, 0.4) is 0 Å². The third-order valence-electron chi connectivity index (χ3n) is 3.03. The van der Waals surface area contributed by atoms with E-state index in [1.165, 1.54) is 32.1 Å². The molecule has 2 saturated carbocycles. The maximum absolute atomic E-state index is 7.31. The molecule has 1 spiro atoms. The van der Waals surface area contributed by atoms with E-state index in [-0.39, 0.29) is 6.53 Å². The smallest absolute Gasteiger partial charge is 0.0537 e. The van der Waals surface area contributed by atoms with E-state index in [0.29, 0.717) is 5.41 Å². The molecule has 50 valence electrons. The van der Waals surface area contributed by atoms with Gasteiger partial charge in [0.05, 0.1) is 2.74 Å². The maximum atomic E-state index is 7.31. The van der Waals surface area contributed by atoms with E-state index in [1.807, 2.05) is 0 Å². The van der Waals surface area contributed by atoms with Gasteiger partial charge in [-0.05, 0) is 37.5 Å². The molecule has 0 atom stereocenters. The summed E-state index contributed by atoms with van der Waals surface area (Å²) in [5.74, 6) is 0. The molecule has 2 rings (SSSR count). The minimum atomic E-state index is 0.113. The Morgan fingerprint density at radius 2 is 2.11 bits per heavy atom. The first kappa shape index (κ1) is 3.80. The van der Waals surface area contributed by atoms with Crippen LogP contribution in [0.4, 0.5) is 0 Å². The number of allylic oxidation sites excluding steroid dienone is 1. The van der Waals surface area contributed by atoms with E-state index in [4.69, 9.17) is 2.74 Å². The van der Waals surface area contributed by atoms with E-state index in [0.717, 1.165) is 12.0 Å². The lowest BCUT2D eigenvalue weighted by molar-refractivity contribution is 0.195. The lowest BCUT2D eigenvalue weighted by Gasteiger charge is -2.39. The number of hydrogen-bond acceptors (Lipinski definition) is 0. The Hall–Kier alpha value is -0.260. The summed E-state index contributed by atoms with van der Waals surface area (Å²) < 4.78 is 14.6. The Labute approximate surface area is 59.8 Å². The van der Waals surface area contributed by atoms with Crippen LogP contribution in [0.25, 0.3) is 0 Å². The van der Waals surface area contributed by atoms with Gasteiger partial charge in [-0.25, -0.2) is 0 Å². The fourth-order valence-electron chi connectivity index (χ4n) is 2.17. The Kier molecular flexibility index (Phi) is 0.683. The van der Waals surface area contributed by atoms with E-state index in [1.54, 1.807) is 0 Å². The molecular weight excluding hydrogens is 108 g/mol. The third kappa shape index (κ3) is 0.593. The van der Waals surface area contributed by atoms with Crippen molar-refractivity contribution in [2.45, 2.75) is 38.5 Å². The summed E-state index contributed by atoms with van der Waals surface area (Å²) in [6, 6.07) is 0. The molecule has 2 aliphatic rings. The Morgan fingerprint density at radius 1 is 1.33 bits per heavy atom. The van der Waals surface area contributed by atoms with E-state index >= 15 is 0 Å². The molecule has 0 aromatic heterocycles. The van der Waals surface area contributed by atoms with Gasteiger partial charge in [0.2, 0.25) is 0 Å². The molecule has 0 N–H and O–H groups in total. The monoisotopic (exact) mass is 124 g/mol. The standard InChI is InChI=1S/C9H14/c1-8-4-2-5-9(8)6-3-7-9/h1-7H2/i1D2. The quantitative estimate of drug-likeness (QED) is 0.435. The minimum Gasteiger partial charge on any atom is -0.0993 e. The molecule has 0 amide bonds. The van der Waals surface area contributed by atoms with Crippen molar-refractivity contribution in [1.82, 2.24) is 0 Å². The van der Waals surface area contributed by atoms with Crippen molar-refractivity contribution in [3.05, 3.63) is 12.1 Å². The van der Waals surface area contributed by atoms with Crippen molar-refractivity contribution in [3.8, 4) is 0 Å². The van der Waals surface area contributed by atoms with Crippen molar-refractivity contribution in [3.63, 3.8) is 0 Å². The lowest BCUT2D eigenvalue weighted by Crippen LogP contribution is -2.26. The summed E-state index contributed by atoms with van der Waals surface area (Å²) in [5.41, 5.74) is 1.52. The summed E-state index contributed by atoms with van der Waals surface area (Å²) in [6.07, 6.45) is 7.33. The van der Waals surface area contributed by atoms with Gasteiger partial charge < -0.3 is 0 Å². The molecule has 0 heterocycles. The first-order valence-electron chi connectivity index (χ1n) is 4.91. The normalized spacial score (nSPS) is 33.6. The van der Waals surface area contributed by atoms with Gasteiger partial charge >= 0.3 is 0 Å². The minimum absolute atomic E-state index is 0.113. The average molecular weight is 124 g/mol. The van der Waals surface area contributed by atoms with Gasteiger partial charge in [-0.3, -0.25) is 0 Å². The highest BCUT2D eigenvalue weighted by Gasteiger charge is 2.41. The third-order valence-corrected chi connectivity index (χ3v) is 3.03. The fraction of sp³-hybridized carbons (Fsp3) is 0.778. The highest BCUT2D eigenvalue weighted by Crippen LogP contribution is 2.55. The number of rotatable bonds is 0. The molecule has 9 heavy (non-hydrogen) atoms. The largest absolute Gasteiger partial charge is 0.0993 e. The van der Waals surface area contributed by atoms with Gasteiger partial charge in [0, 0.05) is 0 Å². The van der Waals surface area contributed by atoms with E-state index in [2.05, 4.69) is 0 Å². The summed E-state index contributed by atoms with van der Waals surface area (Å²) in [5, 5.41) is 0. The molecule has 0 radical (unpaired) electrons. The van der Waals surface area contributed by atoms with Crippen LogP contribution in [-0.4, -0.2) is 0 Å². The SMILES string of the molecule is [2H]C([2H])=C1CCCC12CCC2. The Morgan fingerprint density at radius 3 is 2.56 bits per heavy atom. The molecule has 0 bridgehead atoms. The predicted molar refractivity (Wildman–Crippen MR) is 39.3 cm³/mol. The lowest BCUT2D eigenvalue weighted by atomic mass is 9.66. The average Bonchev–Trinajstić information content (AvgIpc) is 2.27. The van der Waals surface area contributed by atoms with Gasteiger partial charge in [-0.1, -0.05) is 18.5 Å². The second-order valence-corrected chi connectivity index (χ2v) is 3.47. The summed E-state index contributed by atoms with van der Waals surface area (Å²) in [4.78, 5) is 0. The van der Waals surface area contributed by atoms with Gasteiger partial charge in [0.1, 0.15) is 0 Å². The maximum Gasteiger partial charge on any atom is 0.0537 e. The molecule has 0 unspecified atom stereocenters. The van der Waals surface area contributed by atoms with Crippen molar-refractivity contribution >= 4 is 0 Å². The van der Waals surface area contributed by atoms with Crippen LogP contribution in [0.5, 0.6) is 0 Å². The molecule has 0 aliphatic heterocycles. The van der Waals surface area contributed by atoms with Crippen LogP contribution in [0.15, 0.2) is 12.1 Å². The zero-order valence-electron chi connectivity index (χ0n) is 7.74. The van der Waals surface area contributed by atoms with Gasteiger partial charge in [-0.2, -0.15) is 0 Å². The molecular formula is C9H14. The zero-order chi connectivity index (χ0) is 7.90. The van der Waals surface area contributed by atoms with Crippen LogP contribution < -0.4 is 0 Å². The molecule has 2 aliphatic carbocycles. The summed E-state index contributed by atoms with van der Waals surface area (Å²) in [7, 11) is 0. The fourth-order valence-corrected chi connectivity index (χ4v) is 2.17. The van der Waals surface area contributed by atoms with Crippen LogP contribution in [0.2, 0.25) is 0 Å².